The van der Waals surface area contributed by atoms with Crippen LogP contribution in [0.5, 0.6) is 5.75 Å². The lowest BCUT2D eigenvalue weighted by atomic mass is 10.2. The largest absolute Gasteiger partial charge is 0.496 e. The van der Waals surface area contributed by atoms with Gasteiger partial charge in [-0.2, -0.15) is 9.57 Å². The zero-order valence-corrected chi connectivity index (χ0v) is 15.1. The maximum absolute atomic E-state index is 12.7. The number of rotatable bonds is 5. The third kappa shape index (κ3) is 3.91. The minimum atomic E-state index is -3.70. The fourth-order valence-corrected chi connectivity index (χ4v) is 3.71. The van der Waals surface area contributed by atoms with Crippen LogP contribution in [0, 0.1) is 11.3 Å². The van der Waals surface area contributed by atoms with E-state index in [9.17, 15) is 8.42 Å². The van der Waals surface area contributed by atoms with E-state index in [1.54, 1.807) is 18.2 Å². The number of hydrogen-bond donors (Lipinski definition) is 0. The van der Waals surface area contributed by atoms with Crippen LogP contribution in [0.4, 0.5) is 0 Å². The average Bonchev–Trinajstić information content (AvgIpc) is 2.55. The molecule has 0 saturated heterocycles. The molecule has 0 N–H and O–H groups in total. The third-order valence-electron chi connectivity index (χ3n) is 3.31. The smallest absolute Gasteiger partial charge is 0.243 e. The molecule has 0 radical (unpaired) electrons. The highest BCUT2D eigenvalue weighted by Crippen LogP contribution is 2.26. The van der Waals surface area contributed by atoms with Crippen molar-refractivity contribution in [2.24, 2.45) is 0 Å². The van der Waals surface area contributed by atoms with Crippen molar-refractivity contribution in [1.82, 2.24) is 4.31 Å². The summed E-state index contributed by atoms with van der Waals surface area (Å²) in [4.78, 5) is 0.0908. The van der Waals surface area contributed by atoms with Crippen molar-refractivity contribution in [3.8, 4) is 11.8 Å². The van der Waals surface area contributed by atoms with Gasteiger partial charge in [-0.05, 0) is 36.4 Å². The Hall–Kier alpha value is -1.88. The molecule has 0 aliphatic rings. The molecule has 0 atom stereocenters. The van der Waals surface area contributed by atoms with Crippen molar-refractivity contribution in [3.05, 3.63) is 58.1 Å². The van der Waals surface area contributed by atoms with Crippen LogP contribution in [0.3, 0.4) is 0 Å². The van der Waals surface area contributed by atoms with E-state index in [-0.39, 0.29) is 11.4 Å². The number of sulfonamides is 1. The summed E-state index contributed by atoms with van der Waals surface area (Å²) in [6.45, 7) is 0.154. The third-order valence-corrected chi connectivity index (χ3v) is 5.60. The van der Waals surface area contributed by atoms with Gasteiger partial charge in [-0.1, -0.05) is 22.0 Å². The molecule has 0 heterocycles. The summed E-state index contributed by atoms with van der Waals surface area (Å²) in [6, 6.07) is 13.3. The number of nitrogens with zero attached hydrogens (tertiary/aromatic N) is 2. The van der Waals surface area contributed by atoms with E-state index in [0.717, 1.165) is 10.0 Å². The Kier molecular flexibility index (Phi) is 5.42. The van der Waals surface area contributed by atoms with Gasteiger partial charge in [0.1, 0.15) is 5.75 Å². The van der Waals surface area contributed by atoms with Crippen LogP contribution in [0.2, 0.25) is 0 Å². The van der Waals surface area contributed by atoms with E-state index in [0.29, 0.717) is 11.3 Å². The van der Waals surface area contributed by atoms with Crippen LogP contribution < -0.4 is 4.74 Å². The Labute approximate surface area is 144 Å². The summed E-state index contributed by atoms with van der Waals surface area (Å²) < 4.78 is 32.6. The first-order valence-electron chi connectivity index (χ1n) is 6.67. The molecule has 5 nitrogen and oxygen atoms in total. The number of halogens is 1. The summed E-state index contributed by atoms with van der Waals surface area (Å²) in [5.74, 6) is 0.612. The Morgan fingerprint density at radius 3 is 2.65 bits per heavy atom. The van der Waals surface area contributed by atoms with Crippen molar-refractivity contribution in [1.29, 1.82) is 5.26 Å². The van der Waals surface area contributed by atoms with Crippen LogP contribution in [0.1, 0.15) is 11.1 Å². The molecule has 0 bridgehead atoms. The van der Waals surface area contributed by atoms with E-state index >= 15 is 0 Å². The standard InChI is InChI=1S/C16H15BrN2O3S/c1-19(11-13-9-14(17)6-7-16(13)22-2)23(20,21)15-5-3-4-12(8-15)10-18/h3-9H,11H2,1-2H3. The number of methoxy groups -OCH3 is 1. The van der Waals surface area contributed by atoms with Gasteiger partial charge in [-0.15, -0.1) is 0 Å². The second kappa shape index (κ2) is 7.13. The Morgan fingerprint density at radius 2 is 2.00 bits per heavy atom. The Bertz CT molecular complexity index is 860. The van der Waals surface area contributed by atoms with E-state index in [1.165, 1.54) is 30.6 Å². The van der Waals surface area contributed by atoms with Gasteiger partial charge in [-0.3, -0.25) is 0 Å². The molecular weight excluding hydrogens is 380 g/mol. The highest BCUT2D eigenvalue weighted by Gasteiger charge is 2.22. The lowest BCUT2D eigenvalue weighted by Gasteiger charge is -2.19. The first kappa shape index (κ1) is 17.5. The molecule has 23 heavy (non-hydrogen) atoms. The van der Waals surface area contributed by atoms with Gasteiger partial charge in [0.2, 0.25) is 10.0 Å². The number of ether oxygens (including phenoxy) is 1. The van der Waals surface area contributed by atoms with Crippen LogP contribution in [0.15, 0.2) is 51.8 Å². The van der Waals surface area contributed by atoms with Gasteiger partial charge >= 0.3 is 0 Å². The van der Waals surface area contributed by atoms with Crippen LogP contribution >= 0.6 is 15.9 Å². The minimum absolute atomic E-state index is 0.0908. The second-order valence-corrected chi connectivity index (χ2v) is 7.82. The predicted molar refractivity (Wildman–Crippen MR) is 90.5 cm³/mol. The molecule has 0 aromatic heterocycles. The van der Waals surface area contributed by atoms with Crippen LogP contribution in [-0.4, -0.2) is 26.9 Å². The number of nitriles is 1. The molecule has 0 aliphatic carbocycles. The molecular formula is C16H15BrN2O3S. The van der Waals surface area contributed by atoms with Crippen molar-refractivity contribution >= 4 is 26.0 Å². The highest BCUT2D eigenvalue weighted by atomic mass is 79.9. The topological polar surface area (TPSA) is 70.4 Å². The van der Waals surface area contributed by atoms with E-state index in [2.05, 4.69) is 15.9 Å². The molecule has 7 heteroatoms. The quantitative estimate of drug-likeness (QED) is 0.780. The van der Waals surface area contributed by atoms with Gasteiger partial charge in [0, 0.05) is 23.6 Å². The molecule has 120 valence electrons. The summed E-state index contributed by atoms with van der Waals surface area (Å²) in [7, 11) is -0.662. The summed E-state index contributed by atoms with van der Waals surface area (Å²) in [5, 5.41) is 8.92. The molecule has 0 amide bonds. The van der Waals surface area contributed by atoms with Crippen LogP contribution in [0.25, 0.3) is 0 Å². The average molecular weight is 395 g/mol. The highest BCUT2D eigenvalue weighted by molar-refractivity contribution is 9.10. The fourth-order valence-electron chi connectivity index (χ4n) is 2.10. The SMILES string of the molecule is COc1ccc(Br)cc1CN(C)S(=O)(=O)c1cccc(C#N)c1. The Morgan fingerprint density at radius 1 is 1.26 bits per heavy atom. The maximum Gasteiger partial charge on any atom is 0.243 e. The maximum atomic E-state index is 12.7. The van der Waals surface area contributed by atoms with Gasteiger partial charge in [0.15, 0.2) is 0 Å². The number of benzene rings is 2. The van der Waals surface area contributed by atoms with Gasteiger partial charge in [-0.25, -0.2) is 8.42 Å². The number of hydrogen-bond acceptors (Lipinski definition) is 4. The summed E-state index contributed by atoms with van der Waals surface area (Å²) in [5.41, 5.74) is 1.05. The van der Waals surface area contributed by atoms with Crippen LogP contribution in [-0.2, 0) is 16.6 Å². The molecule has 2 rings (SSSR count). The minimum Gasteiger partial charge on any atom is -0.496 e. The Balaban J connectivity index is 2.34. The summed E-state index contributed by atoms with van der Waals surface area (Å²) in [6.07, 6.45) is 0. The summed E-state index contributed by atoms with van der Waals surface area (Å²) >= 11 is 3.37. The van der Waals surface area contributed by atoms with Crippen molar-refractivity contribution < 1.29 is 13.2 Å². The molecule has 0 fully saturated rings. The molecule has 2 aromatic carbocycles. The molecule has 0 aliphatic heterocycles. The zero-order valence-electron chi connectivity index (χ0n) is 12.7. The monoisotopic (exact) mass is 394 g/mol. The predicted octanol–water partition coefficient (Wildman–Crippen LogP) is 3.15. The van der Waals surface area contributed by atoms with Crippen molar-refractivity contribution in [2.45, 2.75) is 11.4 Å². The first-order chi connectivity index (χ1) is 10.9. The lowest BCUT2D eigenvalue weighted by Crippen LogP contribution is -2.26. The lowest BCUT2D eigenvalue weighted by molar-refractivity contribution is 0.398. The first-order valence-corrected chi connectivity index (χ1v) is 8.90. The van der Waals surface area contributed by atoms with Gasteiger partial charge in [0.05, 0.1) is 23.6 Å². The van der Waals surface area contributed by atoms with Crippen molar-refractivity contribution in [2.75, 3.05) is 14.2 Å². The van der Waals surface area contributed by atoms with Crippen molar-refractivity contribution in [3.63, 3.8) is 0 Å². The molecule has 0 spiro atoms. The van der Waals surface area contributed by atoms with Gasteiger partial charge in [0.25, 0.3) is 0 Å². The normalized spacial score (nSPS) is 11.3. The molecule has 0 unspecified atom stereocenters. The van der Waals surface area contributed by atoms with E-state index in [1.807, 2.05) is 18.2 Å². The van der Waals surface area contributed by atoms with E-state index < -0.39 is 10.0 Å². The molecule has 2 aromatic rings. The van der Waals surface area contributed by atoms with E-state index in [4.69, 9.17) is 10.00 Å². The molecule has 0 saturated carbocycles. The fraction of sp³-hybridized carbons (Fsp3) is 0.188. The second-order valence-electron chi connectivity index (χ2n) is 4.86. The van der Waals surface area contributed by atoms with Gasteiger partial charge < -0.3 is 4.74 Å². The zero-order chi connectivity index (χ0) is 17.0.